The van der Waals surface area contributed by atoms with Crippen LogP contribution in [-0.4, -0.2) is 9.78 Å². The normalized spacial score (nSPS) is 27.6. The Bertz CT molecular complexity index is 335. The van der Waals surface area contributed by atoms with Gasteiger partial charge in [0.05, 0.1) is 16.7 Å². The summed E-state index contributed by atoms with van der Waals surface area (Å²) in [5, 5.41) is 4.35. The molecular formula is C11H18BrN3. The van der Waals surface area contributed by atoms with Gasteiger partial charge in [0.2, 0.25) is 0 Å². The van der Waals surface area contributed by atoms with Crippen LogP contribution >= 0.6 is 15.9 Å². The maximum absolute atomic E-state index is 5.97. The average Bonchev–Trinajstić information content (AvgIpc) is 2.43. The Morgan fingerprint density at radius 2 is 2.20 bits per heavy atom. The second-order valence-corrected chi connectivity index (χ2v) is 5.44. The Labute approximate surface area is 99.2 Å². The minimum atomic E-state index is 0.501. The highest BCUT2D eigenvalue weighted by atomic mass is 79.9. The number of nitrogens with two attached hydrogens (primary N) is 1. The fourth-order valence-corrected chi connectivity index (χ4v) is 2.63. The summed E-state index contributed by atoms with van der Waals surface area (Å²) >= 11 is 3.41. The van der Waals surface area contributed by atoms with Crippen molar-refractivity contribution >= 4 is 21.7 Å². The minimum absolute atomic E-state index is 0.501. The Balaban J connectivity index is 2.13. The smallest absolute Gasteiger partial charge is 0.136 e. The summed E-state index contributed by atoms with van der Waals surface area (Å²) in [7, 11) is 0. The number of nitrogen functional groups attached to an aromatic ring is 1. The van der Waals surface area contributed by atoms with E-state index in [1.54, 1.807) is 6.20 Å². The predicted octanol–water partition coefficient (Wildman–Crippen LogP) is 3.37. The van der Waals surface area contributed by atoms with E-state index in [4.69, 9.17) is 5.73 Å². The number of nitrogens with zero attached hydrogens (tertiary/aromatic N) is 2. The van der Waals surface area contributed by atoms with Gasteiger partial charge in [-0.1, -0.05) is 19.8 Å². The molecule has 1 aliphatic rings. The first kappa shape index (κ1) is 11.0. The van der Waals surface area contributed by atoms with Crippen molar-refractivity contribution in [2.45, 2.75) is 45.1 Å². The molecule has 3 nitrogen and oxygen atoms in total. The van der Waals surface area contributed by atoms with Gasteiger partial charge in [0.25, 0.3) is 0 Å². The van der Waals surface area contributed by atoms with E-state index in [0.717, 1.165) is 16.2 Å². The maximum atomic E-state index is 5.97. The molecule has 0 aliphatic heterocycles. The molecule has 0 amide bonds. The second-order valence-electron chi connectivity index (χ2n) is 4.59. The zero-order valence-electron chi connectivity index (χ0n) is 9.12. The SMILES string of the molecule is CC1CCCC(n2ncc(Br)c2N)CC1. The van der Waals surface area contributed by atoms with Crippen molar-refractivity contribution in [3.05, 3.63) is 10.7 Å². The predicted molar refractivity (Wildman–Crippen MR) is 65.6 cm³/mol. The number of hydrogen-bond acceptors (Lipinski definition) is 2. The van der Waals surface area contributed by atoms with E-state index >= 15 is 0 Å². The zero-order chi connectivity index (χ0) is 10.8. The van der Waals surface area contributed by atoms with Crippen molar-refractivity contribution in [3.63, 3.8) is 0 Å². The number of aromatic nitrogens is 2. The molecule has 0 saturated heterocycles. The van der Waals surface area contributed by atoms with Crippen LogP contribution in [0.5, 0.6) is 0 Å². The van der Waals surface area contributed by atoms with Crippen molar-refractivity contribution in [3.8, 4) is 0 Å². The van der Waals surface area contributed by atoms with Crippen LogP contribution in [0.25, 0.3) is 0 Å². The standard InChI is InChI=1S/C11H18BrN3/c1-8-3-2-4-9(6-5-8)15-11(13)10(12)7-14-15/h7-9H,2-6,13H2,1H3. The molecule has 1 heterocycles. The van der Waals surface area contributed by atoms with Crippen LogP contribution < -0.4 is 5.73 Å². The Hall–Kier alpha value is -0.510. The summed E-state index contributed by atoms with van der Waals surface area (Å²) in [6.07, 6.45) is 8.15. The summed E-state index contributed by atoms with van der Waals surface area (Å²) in [4.78, 5) is 0. The van der Waals surface area contributed by atoms with Gasteiger partial charge in [-0.15, -0.1) is 0 Å². The van der Waals surface area contributed by atoms with Crippen LogP contribution in [-0.2, 0) is 0 Å². The molecule has 0 spiro atoms. The van der Waals surface area contributed by atoms with E-state index in [9.17, 15) is 0 Å². The number of halogens is 1. The molecule has 1 fully saturated rings. The summed E-state index contributed by atoms with van der Waals surface area (Å²) in [6.45, 7) is 2.34. The highest BCUT2D eigenvalue weighted by molar-refractivity contribution is 9.10. The quantitative estimate of drug-likeness (QED) is 0.796. The Morgan fingerprint density at radius 1 is 1.40 bits per heavy atom. The molecule has 0 aromatic carbocycles. The van der Waals surface area contributed by atoms with Gasteiger partial charge >= 0.3 is 0 Å². The lowest BCUT2D eigenvalue weighted by atomic mass is 10.0. The van der Waals surface area contributed by atoms with Crippen molar-refractivity contribution in [1.82, 2.24) is 9.78 Å². The molecule has 4 heteroatoms. The van der Waals surface area contributed by atoms with Gasteiger partial charge < -0.3 is 5.73 Å². The average molecular weight is 272 g/mol. The maximum Gasteiger partial charge on any atom is 0.136 e. The Morgan fingerprint density at radius 3 is 2.87 bits per heavy atom. The molecular weight excluding hydrogens is 254 g/mol. The topological polar surface area (TPSA) is 43.8 Å². The van der Waals surface area contributed by atoms with Crippen molar-refractivity contribution in [2.75, 3.05) is 5.73 Å². The third-order valence-electron chi connectivity index (χ3n) is 3.36. The number of hydrogen-bond donors (Lipinski definition) is 1. The molecule has 1 aliphatic carbocycles. The van der Waals surface area contributed by atoms with Gasteiger partial charge in [-0.2, -0.15) is 5.10 Å². The van der Waals surface area contributed by atoms with Crippen LogP contribution in [0.2, 0.25) is 0 Å². The molecule has 15 heavy (non-hydrogen) atoms. The summed E-state index contributed by atoms with van der Waals surface area (Å²) < 4.78 is 2.90. The lowest BCUT2D eigenvalue weighted by Crippen LogP contribution is -2.12. The highest BCUT2D eigenvalue weighted by Crippen LogP contribution is 2.32. The summed E-state index contributed by atoms with van der Waals surface area (Å²) in [5.74, 6) is 1.63. The lowest BCUT2D eigenvalue weighted by Gasteiger charge is -2.16. The first-order valence-corrected chi connectivity index (χ1v) is 6.46. The van der Waals surface area contributed by atoms with Gasteiger partial charge in [0.15, 0.2) is 0 Å². The number of rotatable bonds is 1. The van der Waals surface area contributed by atoms with Gasteiger partial charge in [0, 0.05) is 0 Å². The monoisotopic (exact) mass is 271 g/mol. The molecule has 0 bridgehead atoms. The van der Waals surface area contributed by atoms with Gasteiger partial charge in [0.1, 0.15) is 5.82 Å². The lowest BCUT2D eigenvalue weighted by molar-refractivity contribution is 0.403. The van der Waals surface area contributed by atoms with Crippen molar-refractivity contribution in [1.29, 1.82) is 0 Å². The molecule has 2 N–H and O–H groups in total. The highest BCUT2D eigenvalue weighted by Gasteiger charge is 2.20. The molecule has 0 radical (unpaired) electrons. The molecule has 1 aromatic rings. The third-order valence-corrected chi connectivity index (χ3v) is 3.97. The molecule has 2 rings (SSSR count). The van der Waals surface area contributed by atoms with Crippen LogP contribution in [0, 0.1) is 5.92 Å². The molecule has 84 valence electrons. The first-order chi connectivity index (χ1) is 7.18. The largest absolute Gasteiger partial charge is 0.383 e. The van der Waals surface area contributed by atoms with E-state index in [2.05, 4.69) is 28.0 Å². The van der Waals surface area contributed by atoms with Crippen LogP contribution in [0.4, 0.5) is 5.82 Å². The fraction of sp³-hybridized carbons (Fsp3) is 0.727. The van der Waals surface area contributed by atoms with Gasteiger partial charge in [-0.3, -0.25) is 0 Å². The van der Waals surface area contributed by atoms with E-state index in [1.165, 1.54) is 32.1 Å². The molecule has 1 aromatic heterocycles. The van der Waals surface area contributed by atoms with Crippen molar-refractivity contribution in [2.24, 2.45) is 5.92 Å². The number of anilines is 1. The van der Waals surface area contributed by atoms with E-state index in [-0.39, 0.29) is 0 Å². The van der Waals surface area contributed by atoms with E-state index in [0.29, 0.717) is 6.04 Å². The van der Waals surface area contributed by atoms with Crippen molar-refractivity contribution < 1.29 is 0 Å². The van der Waals surface area contributed by atoms with Crippen LogP contribution in [0.1, 0.15) is 45.1 Å². The third kappa shape index (κ3) is 2.36. The fourth-order valence-electron chi connectivity index (χ4n) is 2.35. The first-order valence-electron chi connectivity index (χ1n) is 5.67. The second kappa shape index (κ2) is 4.56. The van der Waals surface area contributed by atoms with Gasteiger partial charge in [-0.25, -0.2) is 4.68 Å². The Kier molecular flexibility index (Phi) is 3.34. The zero-order valence-corrected chi connectivity index (χ0v) is 10.7. The van der Waals surface area contributed by atoms with E-state index < -0.39 is 0 Å². The van der Waals surface area contributed by atoms with Crippen LogP contribution in [0.3, 0.4) is 0 Å². The van der Waals surface area contributed by atoms with Gasteiger partial charge in [-0.05, 0) is 41.1 Å². The van der Waals surface area contributed by atoms with Crippen LogP contribution in [0.15, 0.2) is 10.7 Å². The summed E-state index contributed by atoms with van der Waals surface area (Å²) in [6, 6.07) is 0.501. The minimum Gasteiger partial charge on any atom is -0.383 e. The van der Waals surface area contributed by atoms with E-state index in [1.807, 2.05) is 4.68 Å². The summed E-state index contributed by atoms with van der Waals surface area (Å²) in [5.41, 5.74) is 5.97. The molecule has 1 saturated carbocycles. The molecule has 2 atom stereocenters. The molecule has 2 unspecified atom stereocenters.